The Morgan fingerprint density at radius 2 is 2.23 bits per heavy atom. The van der Waals surface area contributed by atoms with E-state index in [2.05, 4.69) is 44.9 Å². The van der Waals surface area contributed by atoms with E-state index in [-0.39, 0.29) is 5.92 Å². The van der Waals surface area contributed by atoms with E-state index in [1.54, 1.807) is 6.20 Å². The lowest BCUT2D eigenvalue weighted by molar-refractivity contribution is -0.144. The number of benzene rings is 1. The summed E-state index contributed by atoms with van der Waals surface area (Å²) in [6.07, 6.45) is 3.50. The number of nitrogens with zero attached hydrogens (tertiary/aromatic N) is 2. The lowest BCUT2D eigenvalue weighted by atomic mass is 9.93. The van der Waals surface area contributed by atoms with Crippen LogP contribution in [0.1, 0.15) is 25.3 Å². The van der Waals surface area contributed by atoms with Crippen molar-refractivity contribution in [2.75, 3.05) is 6.54 Å². The molecule has 1 aromatic heterocycles. The molecular formula is C17H19BrN2O2. The summed E-state index contributed by atoms with van der Waals surface area (Å²) in [5, 5.41) is 10.4. The van der Waals surface area contributed by atoms with Crippen LogP contribution in [0, 0.1) is 5.92 Å². The van der Waals surface area contributed by atoms with Crippen molar-refractivity contribution in [1.29, 1.82) is 0 Å². The lowest BCUT2D eigenvalue weighted by Crippen LogP contribution is -2.43. The van der Waals surface area contributed by atoms with Gasteiger partial charge in [0.2, 0.25) is 0 Å². The molecule has 2 heterocycles. The Bertz CT molecular complexity index is 704. The van der Waals surface area contributed by atoms with Crippen molar-refractivity contribution in [3.8, 4) is 0 Å². The van der Waals surface area contributed by atoms with Gasteiger partial charge in [-0.1, -0.05) is 28.1 Å². The minimum absolute atomic E-state index is 0.258. The van der Waals surface area contributed by atoms with E-state index in [0.717, 1.165) is 40.3 Å². The first-order valence-corrected chi connectivity index (χ1v) is 8.34. The fraction of sp³-hybridized carbons (Fsp3) is 0.412. The maximum atomic E-state index is 11.3. The van der Waals surface area contributed by atoms with Crippen molar-refractivity contribution >= 4 is 32.8 Å². The summed E-state index contributed by atoms with van der Waals surface area (Å²) in [5.41, 5.74) is 2.14. The zero-order valence-corrected chi connectivity index (χ0v) is 14.1. The van der Waals surface area contributed by atoms with Crippen molar-refractivity contribution in [1.82, 2.24) is 9.88 Å². The number of hydrogen-bond donors (Lipinski definition) is 1. The first-order chi connectivity index (χ1) is 10.6. The molecule has 4 nitrogen and oxygen atoms in total. The maximum absolute atomic E-state index is 11.3. The minimum Gasteiger partial charge on any atom is -0.481 e. The Morgan fingerprint density at radius 1 is 1.41 bits per heavy atom. The zero-order valence-electron chi connectivity index (χ0n) is 12.5. The first-order valence-electron chi connectivity index (χ1n) is 7.55. The van der Waals surface area contributed by atoms with Crippen LogP contribution in [-0.2, 0) is 11.3 Å². The number of rotatable bonds is 3. The summed E-state index contributed by atoms with van der Waals surface area (Å²) >= 11 is 3.57. The number of carboxylic acid groups (broad SMARTS) is 1. The number of aliphatic carboxylic acids is 1. The predicted molar refractivity (Wildman–Crippen MR) is 89.7 cm³/mol. The molecule has 5 heteroatoms. The van der Waals surface area contributed by atoms with Crippen LogP contribution in [0.25, 0.3) is 10.9 Å². The number of halogens is 1. The second-order valence-corrected chi connectivity index (χ2v) is 6.85. The highest BCUT2D eigenvalue weighted by atomic mass is 79.9. The van der Waals surface area contributed by atoms with Crippen LogP contribution in [-0.4, -0.2) is 33.5 Å². The SMILES string of the molecule is CC1CCC(C(=O)O)CN1Cc1ccc(Br)c2cccnc12. The van der Waals surface area contributed by atoms with Crippen LogP contribution >= 0.6 is 15.9 Å². The van der Waals surface area contributed by atoms with Crippen molar-refractivity contribution in [3.63, 3.8) is 0 Å². The average molecular weight is 363 g/mol. The minimum atomic E-state index is -0.685. The van der Waals surface area contributed by atoms with Gasteiger partial charge in [0.05, 0.1) is 11.4 Å². The summed E-state index contributed by atoms with van der Waals surface area (Å²) in [6, 6.07) is 8.51. The van der Waals surface area contributed by atoms with Gasteiger partial charge in [-0.15, -0.1) is 0 Å². The van der Waals surface area contributed by atoms with Gasteiger partial charge in [-0.3, -0.25) is 14.7 Å². The molecule has 0 aliphatic carbocycles. The van der Waals surface area contributed by atoms with Gasteiger partial charge in [-0.2, -0.15) is 0 Å². The first kappa shape index (κ1) is 15.4. The van der Waals surface area contributed by atoms with Crippen LogP contribution in [0.5, 0.6) is 0 Å². The van der Waals surface area contributed by atoms with Gasteiger partial charge in [0.15, 0.2) is 0 Å². The van der Waals surface area contributed by atoms with Crippen LogP contribution in [0.3, 0.4) is 0 Å². The van der Waals surface area contributed by atoms with Gasteiger partial charge in [0.25, 0.3) is 0 Å². The van der Waals surface area contributed by atoms with Crippen molar-refractivity contribution in [2.45, 2.75) is 32.4 Å². The number of piperidine rings is 1. The molecule has 1 aliphatic heterocycles. The third kappa shape index (κ3) is 3.01. The molecule has 2 unspecified atom stereocenters. The largest absolute Gasteiger partial charge is 0.481 e. The van der Waals surface area contributed by atoms with Crippen LogP contribution in [0.15, 0.2) is 34.9 Å². The normalized spacial score (nSPS) is 22.8. The summed E-state index contributed by atoms with van der Waals surface area (Å²) < 4.78 is 1.04. The molecule has 0 bridgehead atoms. The predicted octanol–water partition coefficient (Wildman–Crippen LogP) is 3.68. The standard InChI is InChI=1S/C17H19BrN2O2/c1-11-4-5-13(17(21)22)10-20(11)9-12-6-7-15(18)14-3-2-8-19-16(12)14/h2-3,6-8,11,13H,4-5,9-10H2,1H3,(H,21,22). The van der Waals surface area contributed by atoms with E-state index < -0.39 is 5.97 Å². The molecule has 0 amide bonds. The molecule has 1 aliphatic rings. The Hall–Kier alpha value is -1.46. The van der Waals surface area contributed by atoms with Gasteiger partial charge in [-0.25, -0.2) is 0 Å². The molecule has 0 spiro atoms. The zero-order chi connectivity index (χ0) is 15.7. The highest BCUT2D eigenvalue weighted by Crippen LogP contribution is 2.29. The molecule has 1 aromatic carbocycles. The molecule has 116 valence electrons. The number of pyridine rings is 1. The smallest absolute Gasteiger partial charge is 0.307 e. The highest BCUT2D eigenvalue weighted by Gasteiger charge is 2.29. The molecule has 0 saturated carbocycles. The molecule has 1 fully saturated rings. The summed E-state index contributed by atoms with van der Waals surface area (Å²) in [7, 11) is 0. The number of carboxylic acids is 1. The average Bonchev–Trinajstić information content (AvgIpc) is 2.52. The van der Waals surface area contributed by atoms with Gasteiger partial charge < -0.3 is 5.11 Å². The number of hydrogen-bond acceptors (Lipinski definition) is 3. The lowest BCUT2D eigenvalue weighted by Gasteiger charge is -2.36. The molecule has 3 rings (SSSR count). The Balaban J connectivity index is 1.89. The maximum Gasteiger partial charge on any atom is 0.307 e. The fourth-order valence-corrected chi connectivity index (χ4v) is 3.60. The van der Waals surface area contributed by atoms with E-state index >= 15 is 0 Å². The molecule has 2 atom stereocenters. The van der Waals surface area contributed by atoms with Crippen molar-refractivity contribution in [3.05, 3.63) is 40.5 Å². The summed E-state index contributed by atoms with van der Waals surface area (Å²) in [6.45, 7) is 3.53. The number of fused-ring (bicyclic) bond motifs is 1. The third-order valence-corrected chi connectivity index (χ3v) is 5.23. The Kier molecular flexibility index (Phi) is 4.45. The van der Waals surface area contributed by atoms with Crippen LogP contribution in [0.2, 0.25) is 0 Å². The second-order valence-electron chi connectivity index (χ2n) is 6.00. The van der Waals surface area contributed by atoms with Crippen LogP contribution in [0.4, 0.5) is 0 Å². The number of likely N-dealkylation sites (tertiary alicyclic amines) is 1. The van der Waals surface area contributed by atoms with Crippen LogP contribution < -0.4 is 0 Å². The monoisotopic (exact) mass is 362 g/mol. The topological polar surface area (TPSA) is 53.4 Å². The molecular weight excluding hydrogens is 344 g/mol. The molecule has 1 saturated heterocycles. The second kappa shape index (κ2) is 6.34. The van der Waals surface area contributed by atoms with Gasteiger partial charge in [-0.05, 0) is 37.5 Å². The summed E-state index contributed by atoms with van der Waals surface area (Å²) in [4.78, 5) is 18.0. The van der Waals surface area contributed by atoms with E-state index in [1.807, 2.05) is 12.1 Å². The van der Waals surface area contributed by atoms with Gasteiger partial charge in [0.1, 0.15) is 0 Å². The summed E-state index contributed by atoms with van der Waals surface area (Å²) in [5.74, 6) is -0.943. The molecule has 2 aromatic rings. The quantitative estimate of drug-likeness (QED) is 0.904. The van der Waals surface area contributed by atoms with E-state index in [9.17, 15) is 9.90 Å². The Labute approximate surface area is 138 Å². The van der Waals surface area contributed by atoms with E-state index in [0.29, 0.717) is 12.6 Å². The number of carbonyl (C=O) groups is 1. The van der Waals surface area contributed by atoms with E-state index in [4.69, 9.17) is 0 Å². The van der Waals surface area contributed by atoms with Gasteiger partial charge >= 0.3 is 5.97 Å². The molecule has 22 heavy (non-hydrogen) atoms. The molecule has 1 N–H and O–H groups in total. The van der Waals surface area contributed by atoms with Crippen molar-refractivity contribution in [2.24, 2.45) is 5.92 Å². The Morgan fingerprint density at radius 3 is 3.00 bits per heavy atom. The van der Waals surface area contributed by atoms with Crippen molar-refractivity contribution < 1.29 is 9.90 Å². The molecule has 0 radical (unpaired) electrons. The van der Waals surface area contributed by atoms with E-state index in [1.165, 1.54) is 0 Å². The third-order valence-electron chi connectivity index (χ3n) is 4.53. The highest BCUT2D eigenvalue weighted by molar-refractivity contribution is 9.10. The number of aromatic nitrogens is 1. The fourth-order valence-electron chi connectivity index (χ4n) is 3.14. The van der Waals surface area contributed by atoms with Gasteiger partial charge in [0, 0.05) is 35.2 Å².